The Morgan fingerprint density at radius 2 is 1.65 bits per heavy atom. The molecule has 6 heteroatoms. The highest BCUT2D eigenvalue weighted by molar-refractivity contribution is 6.17. The number of carbonyl (C=O) groups is 1. The molecule has 0 fully saturated rings. The molecule has 0 atom stereocenters. The van der Waals surface area contributed by atoms with Gasteiger partial charge in [0.05, 0.1) is 5.69 Å². The van der Waals surface area contributed by atoms with Crippen LogP contribution in [0, 0.1) is 0 Å². The average Bonchev–Trinajstić information content (AvgIpc) is 3.37. The van der Waals surface area contributed by atoms with Gasteiger partial charge in [0.1, 0.15) is 35.2 Å². The predicted octanol–water partition coefficient (Wildman–Crippen LogP) is 6.45. The summed E-state index contributed by atoms with van der Waals surface area (Å²) < 4.78 is 13.8. The normalized spacial score (nSPS) is 13.6. The molecule has 1 aliphatic rings. The number of allylic oxidation sites excluding steroid dienone is 1. The number of rotatable bonds is 5. The Morgan fingerprint density at radius 1 is 0.919 bits per heavy atom. The Kier molecular flexibility index (Phi) is 5.42. The fourth-order valence-corrected chi connectivity index (χ4v) is 4.78. The number of aryl methyl sites for hydroxylation is 1. The van der Waals surface area contributed by atoms with Gasteiger partial charge in [0.2, 0.25) is 5.78 Å². The van der Waals surface area contributed by atoms with Crippen molar-refractivity contribution in [2.75, 3.05) is 0 Å². The molecule has 0 amide bonds. The largest absolute Gasteiger partial charge is 0.508 e. The summed E-state index contributed by atoms with van der Waals surface area (Å²) >= 11 is 0. The number of aromatic hydroxyl groups is 2. The number of carbonyl (C=O) groups excluding carboxylic acids is 1. The quantitative estimate of drug-likeness (QED) is 0.277. The third-order valence-corrected chi connectivity index (χ3v) is 6.53. The molecule has 5 aromatic rings. The Bertz CT molecular complexity index is 1680. The molecule has 182 valence electrons. The van der Waals surface area contributed by atoms with Crippen LogP contribution in [0.1, 0.15) is 21.5 Å². The molecule has 0 bridgehead atoms. The van der Waals surface area contributed by atoms with Crippen LogP contribution in [0.15, 0.2) is 96.8 Å². The zero-order chi connectivity index (χ0) is 25.5. The molecule has 0 saturated heterocycles. The summed E-state index contributed by atoms with van der Waals surface area (Å²) in [5.41, 5.74) is 4.80. The Balaban J connectivity index is 1.39. The molecule has 0 radical (unpaired) electrons. The molecule has 2 heterocycles. The highest BCUT2D eigenvalue weighted by Crippen LogP contribution is 2.42. The Morgan fingerprint density at radius 3 is 2.43 bits per heavy atom. The lowest BCUT2D eigenvalue weighted by molar-refractivity contribution is 0.101. The molecule has 4 aromatic carbocycles. The Labute approximate surface area is 213 Å². The minimum atomic E-state index is -0.434. The second kappa shape index (κ2) is 8.91. The van der Waals surface area contributed by atoms with E-state index in [2.05, 4.69) is 4.57 Å². The first kappa shape index (κ1) is 22.5. The first-order chi connectivity index (χ1) is 18.0. The maximum Gasteiger partial charge on any atom is 0.235 e. The van der Waals surface area contributed by atoms with E-state index in [1.54, 1.807) is 6.08 Å². The standard InChI is InChI=1S/C31H23NO5/c1-32-25-10-6-5-9-23(25)24(17-28-31(35)29-26(34)15-21(33)16-27(29)37-28)30(32)20-11-13-22(14-12-20)36-18-19-7-3-2-4-8-19/h2-17,33-34H,18H2,1H3. The lowest BCUT2D eigenvalue weighted by atomic mass is 10.0. The number of aromatic nitrogens is 1. The summed E-state index contributed by atoms with van der Waals surface area (Å²) in [7, 11) is 1.98. The van der Waals surface area contributed by atoms with Crippen molar-refractivity contribution in [3.8, 4) is 34.3 Å². The summed E-state index contributed by atoms with van der Waals surface area (Å²) in [4.78, 5) is 13.1. The van der Waals surface area contributed by atoms with Crippen molar-refractivity contribution in [1.82, 2.24) is 4.57 Å². The fraction of sp³-hybridized carbons (Fsp3) is 0.0645. The van der Waals surface area contributed by atoms with Crippen molar-refractivity contribution in [2.24, 2.45) is 7.05 Å². The maximum absolute atomic E-state index is 13.1. The lowest BCUT2D eigenvalue weighted by Gasteiger charge is -2.10. The molecule has 6 nitrogen and oxygen atoms in total. The maximum atomic E-state index is 13.1. The highest BCUT2D eigenvalue weighted by Gasteiger charge is 2.32. The van der Waals surface area contributed by atoms with E-state index in [-0.39, 0.29) is 28.6 Å². The van der Waals surface area contributed by atoms with Gasteiger partial charge in [-0.3, -0.25) is 4.79 Å². The van der Waals surface area contributed by atoms with Gasteiger partial charge >= 0.3 is 0 Å². The monoisotopic (exact) mass is 489 g/mol. The zero-order valence-corrected chi connectivity index (χ0v) is 20.0. The topological polar surface area (TPSA) is 80.9 Å². The molecule has 0 unspecified atom stereocenters. The SMILES string of the molecule is Cn1c(-c2ccc(OCc3ccccc3)cc2)c(C=C2Oc3cc(O)cc(O)c3C2=O)c2ccccc21. The number of hydrogen-bond acceptors (Lipinski definition) is 5. The van der Waals surface area contributed by atoms with Gasteiger partial charge in [-0.2, -0.15) is 0 Å². The molecule has 2 N–H and O–H groups in total. The second-order valence-electron chi connectivity index (χ2n) is 8.91. The van der Waals surface area contributed by atoms with Crippen molar-refractivity contribution >= 4 is 22.8 Å². The van der Waals surface area contributed by atoms with Crippen molar-refractivity contribution in [2.45, 2.75) is 6.61 Å². The molecular weight excluding hydrogens is 466 g/mol. The third kappa shape index (κ3) is 3.98. The number of ether oxygens (including phenoxy) is 2. The van der Waals surface area contributed by atoms with Crippen molar-refractivity contribution < 1.29 is 24.5 Å². The van der Waals surface area contributed by atoms with Crippen molar-refractivity contribution in [1.29, 1.82) is 0 Å². The van der Waals surface area contributed by atoms with Gasteiger partial charge in [0.15, 0.2) is 5.76 Å². The molecule has 0 saturated carbocycles. The van der Waals surface area contributed by atoms with Gasteiger partial charge in [-0.05, 0) is 47.5 Å². The van der Waals surface area contributed by atoms with E-state index in [1.165, 1.54) is 6.07 Å². The van der Waals surface area contributed by atoms with Crippen LogP contribution in [0.5, 0.6) is 23.0 Å². The van der Waals surface area contributed by atoms with E-state index >= 15 is 0 Å². The number of fused-ring (bicyclic) bond motifs is 2. The van der Waals surface area contributed by atoms with Crippen LogP contribution in [0.2, 0.25) is 0 Å². The smallest absolute Gasteiger partial charge is 0.235 e. The first-order valence-electron chi connectivity index (χ1n) is 11.8. The number of Topliss-reactive ketones (excluding diaryl/α,β-unsaturated/α-hetero) is 1. The third-order valence-electron chi connectivity index (χ3n) is 6.53. The van der Waals surface area contributed by atoms with E-state index in [1.807, 2.05) is 85.9 Å². The minimum Gasteiger partial charge on any atom is -0.508 e. The molecule has 0 aliphatic carbocycles. The van der Waals surface area contributed by atoms with Gasteiger partial charge < -0.3 is 24.3 Å². The van der Waals surface area contributed by atoms with Gasteiger partial charge in [0.25, 0.3) is 0 Å². The summed E-state index contributed by atoms with van der Waals surface area (Å²) in [6.45, 7) is 0.480. The van der Waals surface area contributed by atoms with Gasteiger partial charge in [-0.25, -0.2) is 0 Å². The van der Waals surface area contributed by atoms with Gasteiger partial charge in [-0.1, -0.05) is 48.5 Å². The van der Waals surface area contributed by atoms with E-state index < -0.39 is 5.78 Å². The van der Waals surface area contributed by atoms with E-state index in [0.717, 1.165) is 45.1 Å². The highest BCUT2D eigenvalue weighted by atomic mass is 16.5. The predicted molar refractivity (Wildman–Crippen MR) is 142 cm³/mol. The molecular formula is C31H23NO5. The molecule has 1 aliphatic heterocycles. The number of benzene rings is 4. The van der Waals surface area contributed by atoms with E-state index in [0.29, 0.717) is 6.61 Å². The zero-order valence-electron chi connectivity index (χ0n) is 20.0. The van der Waals surface area contributed by atoms with Gasteiger partial charge in [0, 0.05) is 35.6 Å². The van der Waals surface area contributed by atoms with Crippen molar-refractivity contribution in [3.63, 3.8) is 0 Å². The number of phenols is 2. The molecule has 0 spiro atoms. The van der Waals surface area contributed by atoms with Crippen LogP contribution >= 0.6 is 0 Å². The van der Waals surface area contributed by atoms with E-state index in [4.69, 9.17) is 9.47 Å². The number of ketones is 1. The number of para-hydroxylation sites is 1. The van der Waals surface area contributed by atoms with Crippen LogP contribution in [-0.2, 0) is 13.7 Å². The lowest BCUT2D eigenvalue weighted by Crippen LogP contribution is -1.99. The number of nitrogens with zero attached hydrogens (tertiary/aromatic N) is 1. The summed E-state index contributed by atoms with van der Waals surface area (Å²) in [5, 5.41) is 21.0. The van der Waals surface area contributed by atoms with E-state index in [9.17, 15) is 15.0 Å². The number of phenolic OH excluding ortho intramolecular Hbond substituents is 2. The second-order valence-corrected chi connectivity index (χ2v) is 8.91. The van der Waals surface area contributed by atoms with Crippen molar-refractivity contribution in [3.05, 3.63) is 113 Å². The minimum absolute atomic E-state index is 0.0470. The summed E-state index contributed by atoms with van der Waals surface area (Å²) in [6, 6.07) is 28.2. The van der Waals surface area contributed by atoms with Crippen LogP contribution < -0.4 is 9.47 Å². The average molecular weight is 490 g/mol. The van der Waals surface area contributed by atoms with Crippen LogP contribution in [0.3, 0.4) is 0 Å². The van der Waals surface area contributed by atoms with Crippen LogP contribution in [-0.4, -0.2) is 20.6 Å². The molecule has 37 heavy (non-hydrogen) atoms. The Hall–Kier alpha value is -4.97. The summed E-state index contributed by atoms with van der Waals surface area (Å²) in [6.07, 6.45) is 1.70. The van der Waals surface area contributed by atoms with Gasteiger partial charge in [-0.15, -0.1) is 0 Å². The van der Waals surface area contributed by atoms with Crippen LogP contribution in [0.4, 0.5) is 0 Å². The molecule has 6 rings (SSSR count). The first-order valence-corrected chi connectivity index (χ1v) is 11.8. The molecule has 1 aromatic heterocycles. The number of hydrogen-bond donors (Lipinski definition) is 2. The fourth-order valence-electron chi connectivity index (χ4n) is 4.78. The van der Waals surface area contributed by atoms with Crippen LogP contribution in [0.25, 0.3) is 28.2 Å². The summed E-state index contributed by atoms with van der Waals surface area (Å²) in [5.74, 6) is 0.0486.